The van der Waals surface area contributed by atoms with Crippen LogP contribution in [0.1, 0.15) is 23.3 Å². The van der Waals surface area contributed by atoms with E-state index >= 15 is 0 Å². The van der Waals surface area contributed by atoms with Gasteiger partial charge in [0.05, 0.1) is 7.11 Å². The van der Waals surface area contributed by atoms with Gasteiger partial charge in [0.1, 0.15) is 12.1 Å². The highest BCUT2D eigenvalue weighted by Crippen LogP contribution is 2.05. The van der Waals surface area contributed by atoms with Crippen LogP contribution in [-0.2, 0) is 4.74 Å². The van der Waals surface area contributed by atoms with Crippen LogP contribution in [0.3, 0.4) is 0 Å². The number of anilines is 1. The standard InChI is InChI=1S/C11H13N3O2/c1-3-4-5-6-12-10-7-9(11(15)16-2)13-8-14-10/h1,7-8H,4-6H2,2H3,(H,12,13,14). The molecule has 16 heavy (non-hydrogen) atoms. The van der Waals surface area contributed by atoms with E-state index in [2.05, 4.69) is 25.9 Å². The van der Waals surface area contributed by atoms with E-state index in [-0.39, 0.29) is 5.69 Å². The van der Waals surface area contributed by atoms with Crippen LogP contribution in [0.2, 0.25) is 0 Å². The number of carbonyl (C=O) groups excluding carboxylic acids is 1. The molecule has 0 saturated carbocycles. The number of hydrogen-bond acceptors (Lipinski definition) is 5. The number of hydrogen-bond donors (Lipinski definition) is 1. The van der Waals surface area contributed by atoms with Crippen molar-refractivity contribution in [3.05, 3.63) is 18.1 Å². The van der Waals surface area contributed by atoms with Crippen molar-refractivity contribution in [1.82, 2.24) is 9.97 Å². The van der Waals surface area contributed by atoms with Gasteiger partial charge in [-0.25, -0.2) is 14.8 Å². The van der Waals surface area contributed by atoms with Crippen LogP contribution in [0.4, 0.5) is 5.82 Å². The molecule has 0 aliphatic carbocycles. The molecule has 84 valence electrons. The van der Waals surface area contributed by atoms with Crippen molar-refractivity contribution >= 4 is 11.8 Å². The third-order valence-corrected chi connectivity index (χ3v) is 1.87. The largest absolute Gasteiger partial charge is 0.464 e. The van der Waals surface area contributed by atoms with Gasteiger partial charge < -0.3 is 10.1 Å². The lowest BCUT2D eigenvalue weighted by molar-refractivity contribution is 0.0594. The second kappa shape index (κ2) is 6.40. The number of nitrogens with one attached hydrogen (secondary N) is 1. The molecule has 0 aliphatic rings. The lowest BCUT2D eigenvalue weighted by Gasteiger charge is -2.04. The number of aromatic nitrogens is 2. The highest BCUT2D eigenvalue weighted by molar-refractivity contribution is 5.87. The molecule has 0 bridgehead atoms. The van der Waals surface area contributed by atoms with Crippen molar-refractivity contribution in [1.29, 1.82) is 0 Å². The molecule has 1 aromatic rings. The minimum atomic E-state index is -0.478. The average molecular weight is 219 g/mol. The normalized spacial score (nSPS) is 9.25. The van der Waals surface area contributed by atoms with Gasteiger partial charge in [0.2, 0.25) is 0 Å². The number of terminal acetylenes is 1. The second-order valence-electron chi connectivity index (χ2n) is 3.01. The van der Waals surface area contributed by atoms with E-state index in [0.717, 1.165) is 6.42 Å². The fourth-order valence-corrected chi connectivity index (χ4v) is 1.08. The first-order valence-corrected chi connectivity index (χ1v) is 4.85. The molecule has 0 aliphatic heterocycles. The Morgan fingerprint density at radius 2 is 2.44 bits per heavy atom. The maximum Gasteiger partial charge on any atom is 0.356 e. The molecule has 0 fully saturated rings. The van der Waals surface area contributed by atoms with Crippen LogP contribution in [0.25, 0.3) is 0 Å². The summed E-state index contributed by atoms with van der Waals surface area (Å²) in [7, 11) is 1.31. The number of nitrogens with zero attached hydrogens (tertiary/aromatic N) is 2. The van der Waals surface area contributed by atoms with E-state index in [1.165, 1.54) is 13.4 Å². The molecule has 0 amide bonds. The van der Waals surface area contributed by atoms with Crippen molar-refractivity contribution in [3.63, 3.8) is 0 Å². The summed E-state index contributed by atoms with van der Waals surface area (Å²) in [5.41, 5.74) is 0.233. The van der Waals surface area contributed by atoms with Crippen LogP contribution < -0.4 is 5.32 Å². The van der Waals surface area contributed by atoms with Gasteiger partial charge in [-0.05, 0) is 6.42 Å². The highest BCUT2D eigenvalue weighted by Gasteiger charge is 2.07. The molecule has 5 nitrogen and oxygen atoms in total. The number of ether oxygens (including phenoxy) is 1. The third kappa shape index (κ3) is 3.58. The molecule has 0 spiro atoms. The van der Waals surface area contributed by atoms with Gasteiger partial charge in [0, 0.05) is 19.0 Å². The lowest BCUT2D eigenvalue weighted by Crippen LogP contribution is -2.08. The van der Waals surface area contributed by atoms with E-state index in [1.54, 1.807) is 6.07 Å². The molecule has 5 heteroatoms. The molecule has 1 rings (SSSR count). The topological polar surface area (TPSA) is 64.1 Å². The SMILES string of the molecule is C#CCCCNc1cc(C(=O)OC)ncn1. The number of esters is 1. The lowest BCUT2D eigenvalue weighted by atomic mass is 10.3. The van der Waals surface area contributed by atoms with E-state index in [1.807, 2.05) is 0 Å². The van der Waals surface area contributed by atoms with Crippen molar-refractivity contribution < 1.29 is 9.53 Å². The molecule has 0 aromatic carbocycles. The molecule has 0 unspecified atom stereocenters. The van der Waals surface area contributed by atoms with E-state index in [4.69, 9.17) is 6.42 Å². The molecular formula is C11H13N3O2. The Morgan fingerprint density at radius 1 is 1.62 bits per heavy atom. The fraction of sp³-hybridized carbons (Fsp3) is 0.364. The summed E-state index contributed by atoms with van der Waals surface area (Å²) >= 11 is 0. The Hall–Kier alpha value is -2.09. The summed E-state index contributed by atoms with van der Waals surface area (Å²) in [6.07, 6.45) is 8.01. The Kier molecular flexibility index (Phi) is 4.80. The van der Waals surface area contributed by atoms with Gasteiger partial charge in [-0.2, -0.15) is 0 Å². The minimum absolute atomic E-state index is 0.233. The molecule has 0 radical (unpaired) electrons. The van der Waals surface area contributed by atoms with Crippen molar-refractivity contribution in [3.8, 4) is 12.3 Å². The molecule has 1 aromatic heterocycles. The number of methoxy groups -OCH3 is 1. The highest BCUT2D eigenvalue weighted by atomic mass is 16.5. The zero-order chi connectivity index (χ0) is 11.8. The Balaban J connectivity index is 2.54. The molecule has 0 saturated heterocycles. The predicted molar refractivity (Wildman–Crippen MR) is 59.9 cm³/mol. The predicted octanol–water partition coefficient (Wildman–Crippen LogP) is 1.09. The first-order chi connectivity index (χ1) is 7.77. The van der Waals surface area contributed by atoms with Crippen LogP contribution in [-0.4, -0.2) is 29.6 Å². The van der Waals surface area contributed by atoms with Crippen LogP contribution in [0.5, 0.6) is 0 Å². The van der Waals surface area contributed by atoms with E-state index < -0.39 is 5.97 Å². The molecule has 0 atom stereocenters. The maximum absolute atomic E-state index is 11.2. The van der Waals surface area contributed by atoms with E-state index in [0.29, 0.717) is 18.8 Å². The molecule has 1 N–H and O–H groups in total. The Bertz CT molecular complexity index is 398. The monoisotopic (exact) mass is 219 g/mol. The van der Waals surface area contributed by atoms with Crippen LogP contribution in [0.15, 0.2) is 12.4 Å². The number of unbranched alkanes of at least 4 members (excludes halogenated alkanes) is 1. The van der Waals surface area contributed by atoms with Gasteiger partial charge in [-0.1, -0.05) is 0 Å². The summed E-state index contributed by atoms with van der Waals surface area (Å²) in [6, 6.07) is 1.54. The fourth-order valence-electron chi connectivity index (χ4n) is 1.08. The first kappa shape index (κ1) is 12.0. The summed E-state index contributed by atoms with van der Waals surface area (Å²) in [4.78, 5) is 18.9. The van der Waals surface area contributed by atoms with Gasteiger partial charge in [-0.15, -0.1) is 12.3 Å². The minimum Gasteiger partial charge on any atom is -0.464 e. The zero-order valence-electron chi connectivity index (χ0n) is 9.06. The van der Waals surface area contributed by atoms with Gasteiger partial charge in [0.15, 0.2) is 5.69 Å². The average Bonchev–Trinajstić information content (AvgIpc) is 2.34. The Labute approximate surface area is 94.2 Å². The second-order valence-corrected chi connectivity index (χ2v) is 3.01. The number of rotatable bonds is 5. The van der Waals surface area contributed by atoms with Crippen molar-refractivity contribution in [2.45, 2.75) is 12.8 Å². The maximum atomic E-state index is 11.2. The quantitative estimate of drug-likeness (QED) is 0.456. The first-order valence-electron chi connectivity index (χ1n) is 4.85. The molecular weight excluding hydrogens is 206 g/mol. The zero-order valence-corrected chi connectivity index (χ0v) is 9.06. The van der Waals surface area contributed by atoms with E-state index in [9.17, 15) is 4.79 Å². The van der Waals surface area contributed by atoms with Crippen LogP contribution in [0, 0.1) is 12.3 Å². The van der Waals surface area contributed by atoms with Gasteiger partial charge in [0.25, 0.3) is 0 Å². The Morgan fingerprint density at radius 3 is 3.12 bits per heavy atom. The summed E-state index contributed by atoms with van der Waals surface area (Å²) in [5, 5.41) is 3.04. The van der Waals surface area contributed by atoms with Crippen molar-refractivity contribution in [2.24, 2.45) is 0 Å². The summed E-state index contributed by atoms with van der Waals surface area (Å²) in [5.74, 6) is 2.66. The number of carbonyl (C=O) groups is 1. The smallest absolute Gasteiger partial charge is 0.356 e. The molecule has 1 heterocycles. The van der Waals surface area contributed by atoms with Crippen LogP contribution >= 0.6 is 0 Å². The van der Waals surface area contributed by atoms with Gasteiger partial charge >= 0.3 is 5.97 Å². The summed E-state index contributed by atoms with van der Waals surface area (Å²) < 4.78 is 4.55. The van der Waals surface area contributed by atoms with Gasteiger partial charge in [-0.3, -0.25) is 0 Å². The van der Waals surface area contributed by atoms with Crippen molar-refractivity contribution in [2.75, 3.05) is 19.0 Å². The third-order valence-electron chi connectivity index (χ3n) is 1.87. The summed E-state index contributed by atoms with van der Waals surface area (Å²) in [6.45, 7) is 0.710.